The highest BCUT2D eigenvalue weighted by Crippen LogP contribution is 2.40. The van der Waals surface area contributed by atoms with Gasteiger partial charge in [0.05, 0.1) is 6.10 Å². The van der Waals surface area contributed by atoms with E-state index in [0.29, 0.717) is 16.9 Å². The van der Waals surface area contributed by atoms with Crippen LogP contribution in [0.5, 0.6) is 0 Å². The smallest absolute Gasteiger partial charge is 0.0616 e. The zero-order chi connectivity index (χ0) is 13.6. The van der Waals surface area contributed by atoms with Gasteiger partial charge in [0.2, 0.25) is 0 Å². The predicted octanol–water partition coefficient (Wildman–Crippen LogP) is 4.00. The van der Waals surface area contributed by atoms with E-state index in [1.54, 1.807) is 0 Å². The van der Waals surface area contributed by atoms with Gasteiger partial charge in [-0.25, -0.2) is 0 Å². The highest BCUT2D eigenvalue weighted by atomic mass is 16.5. The van der Waals surface area contributed by atoms with Crippen molar-refractivity contribution in [3.63, 3.8) is 0 Å². The van der Waals surface area contributed by atoms with Crippen molar-refractivity contribution in [1.82, 2.24) is 5.32 Å². The summed E-state index contributed by atoms with van der Waals surface area (Å²) in [4.78, 5) is 0. The van der Waals surface area contributed by atoms with Crippen LogP contribution in [0.1, 0.15) is 66.7 Å². The first kappa shape index (κ1) is 16.0. The molecule has 0 aromatic carbocycles. The maximum Gasteiger partial charge on any atom is 0.0616 e. The normalized spacial score (nSPS) is 28.8. The second-order valence-corrected chi connectivity index (χ2v) is 7.22. The van der Waals surface area contributed by atoms with E-state index in [-0.39, 0.29) is 0 Å². The van der Waals surface area contributed by atoms with E-state index in [1.165, 1.54) is 32.1 Å². The summed E-state index contributed by atoms with van der Waals surface area (Å²) in [6.45, 7) is 14.7. The van der Waals surface area contributed by atoms with Gasteiger partial charge in [0.15, 0.2) is 0 Å². The fourth-order valence-corrected chi connectivity index (χ4v) is 2.95. The molecule has 0 saturated carbocycles. The molecule has 0 spiro atoms. The number of rotatable bonds is 7. The maximum absolute atomic E-state index is 5.84. The molecule has 1 saturated heterocycles. The minimum atomic E-state index is 0.389. The second-order valence-electron chi connectivity index (χ2n) is 7.22. The Morgan fingerprint density at radius 1 is 1.33 bits per heavy atom. The molecule has 1 heterocycles. The summed E-state index contributed by atoms with van der Waals surface area (Å²) in [6, 6.07) is 0. The van der Waals surface area contributed by atoms with Gasteiger partial charge in [-0.3, -0.25) is 0 Å². The summed E-state index contributed by atoms with van der Waals surface area (Å²) < 4.78 is 5.84. The Labute approximate surface area is 114 Å². The Morgan fingerprint density at radius 3 is 2.56 bits per heavy atom. The third-order valence-electron chi connectivity index (χ3n) is 4.34. The fourth-order valence-electron chi connectivity index (χ4n) is 2.95. The lowest BCUT2D eigenvalue weighted by atomic mass is 9.75. The van der Waals surface area contributed by atoms with Gasteiger partial charge in [-0.1, -0.05) is 34.1 Å². The Balaban J connectivity index is 2.45. The van der Waals surface area contributed by atoms with Crippen LogP contribution in [0.2, 0.25) is 0 Å². The van der Waals surface area contributed by atoms with Crippen LogP contribution < -0.4 is 5.32 Å². The average Bonchev–Trinajstić information content (AvgIpc) is 2.59. The Morgan fingerprint density at radius 2 is 2.06 bits per heavy atom. The molecule has 0 bridgehead atoms. The van der Waals surface area contributed by atoms with Gasteiger partial charge < -0.3 is 10.1 Å². The molecule has 1 aliphatic rings. The number of nitrogens with one attached hydrogen (secondary N) is 1. The number of hydrogen-bond donors (Lipinski definition) is 1. The molecular formula is C16H33NO. The molecule has 1 aliphatic heterocycles. The molecule has 2 atom stereocenters. The Bertz CT molecular complexity index is 234. The van der Waals surface area contributed by atoms with Crippen molar-refractivity contribution in [3.8, 4) is 0 Å². The zero-order valence-electron chi connectivity index (χ0n) is 13.1. The molecule has 1 N–H and O–H groups in total. The van der Waals surface area contributed by atoms with E-state index in [0.717, 1.165) is 19.7 Å². The second kappa shape index (κ2) is 6.91. The number of hydrogen-bond acceptors (Lipinski definition) is 2. The molecule has 2 unspecified atom stereocenters. The minimum Gasteiger partial charge on any atom is -0.378 e. The monoisotopic (exact) mass is 255 g/mol. The third kappa shape index (κ3) is 4.89. The highest BCUT2D eigenvalue weighted by Gasteiger charge is 2.40. The maximum atomic E-state index is 5.84. The van der Waals surface area contributed by atoms with Crippen molar-refractivity contribution in [1.29, 1.82) is 0 Å². The molecule has 0 aromatic heterocycles. The van der Waals surface area contributed by atoms with Crippen LogP contribution in [0.15, 0.2) is 0 Å². The molecule has 2 heteroatoms. The van der Waals surface area contributed by atoms with Gasteiger partial charge in [-0.05, 0) is 44.6 Å². The fraction of sp³-hybridized carbons (Fsp3) is 1.00. The van der Waals surface area contributed by atoms with E-state index in [9.17, 15) is 0 Å². The van der Waals surface area contributed by atoms with Crippen LogP contribution >= 0.6 is 0 Å². The minimum absolute atomic E-state index is 0.389. The van der Waals surface area contributed by atoms with Crippen molar-refractivity contribution in [2.24, 2.45) is 10.8 Å². The largest absolute Gasteiger partial charge is 0.378 e. The van der Waals surface area contributed by atoms with Crippen LogP contribution in [0.4, 0.5) is 0 Å². The van der Waals surface area contributed by atoms with E-state index in [1.807, 2.05) is 0 Å². The molecule has 0 radical (unpaired) electrons. The number of ether oxygens (including phenoxy) is 1. The molecule has 2 nitrogen and oxygen atoms in total. The summed E-state index contributed by atoms with van der Waals surface area (Å²) in [5.74, 6) is 0. The lowest BCUT2D eigenvalue weighted by Crippen LogP contribution is -2.40. The average molecular weight is 255 g/mol. The standard InChI is InChI=1S/C16H33NO/c1-6-11-17-13-16(10-12-18-14(16)2)9-7-8-15(3,4)5/h14,17H,6-13H2,1-5H3. The first-order valence-corrected chi connectivity index (χ1v) is 7.72. The quantitative estimate of drug-likeness (QED) is 0.694. The first-order chi connectivity index (χ1) is 8.40. The van der Waals surface area contributed by atoms with Crippen molar-refractivity contribution in [2.75, 3.05) is 19.7 Å². The molecule has 1 rings (SSSR count). The SMILES string of the molecule is CCCNCC1(CCCC(C)(C)C)CCOC1C. The van der Waals surface area contributed by atoms with Gasteiger partial charge in [0.25, 0.3) is 0 Å². The first-order valence-electron chi connectivity index (χ1n) is 7.72. The Hall–Kier alpha value is -0.0800. The van der Waals surface area contributed by atoms with E-state index in [4.69, 9.17) is 4.74 Å². The predicted molar refractivity (Wildman–Crippen MR) is 78.9 cm³/mol. The topological polar surface area (TPSA) is 21.3 Å². The highest BCUT2D eigenvalue weighted by molar-refractivity contribution is 4.91. The van der Waals surface area contributed by atoms with Crippen molar-refractivity contribution >= 4 is 0 Å². The zero-order valence-corrected chi connectivity index (χ0v) is 13.1. The Kier molecular flexibility index (Phi) is 6.13. The van der Waals surface area contributed by atoms with Crippen LogP contribution in [-0.4, -0.2) is 25.8 Å². The van der Waals surface area contributed by atoms with Crippen LogP contribution in [0, 0.1) is 10.8 Å². The van der Waals surface area contributed by atoms with Gasteiger partial charge >= 0.3 is 0 Å². The lowest BCUT2D eigenvalue weighted by molar-refractivity contribution is 0.0557. The van der Waals surface area contributed by atoms with Crippen molar-refractivity contribution in [2.45, 2.75) is 72.8 Å². The van der Waals surface area contributed by atoms with Crippen LogP contribution in [-0.2, 0) is 4.74 Å². The lowest BCUT2D eigenvalue weighted by Gasteiger charge is -2.33. The molecule has 0 aromatic rings. The van der Waals surface area contributed by atoms with E-state index in [2.05, 4.69) is 39.9 Å². The molecule has 0 aliphatic carbocycles. The molecule has 1 fully saturated rings. The van der Waals surface area contributed by atoms with Crippen molar-refractivity contribution in [3.05, 3.63) is 0 Å². The summed E-state index contributed by atoms with van der Waals surface area (Å²) in [6.07, 6.45) is 6.81. The van der Waals surface area contributed by atoms with Gasteiger partial charge in [-0.2, -0.15) is 0 Å². The summed E-state index contributed by atoms with van der Waals surface area (Å²) in [7, 11) is 0. The summed E-state index contributed by atoms with van der Waals surface area (Å²) in [5.41, 5.74) is 0.848. The van der Waals surface area contributed by atoms with Crippen LogP contribution in [0.3, 0.4) is 0 Å². The van der Waals surface area contributed by atoms with E-state index >= 15 is 0 Å². The molecule has 18 heavy (non-hydrogen) atoms. The van der Waals surface area contributed by atoms with Crippen LogP contribution in [0.25, 0.3) is 0 Å². The van der Waals surface area contributed by atoms with Gasteiger partial charge in [0, 0.05) is 18.6 Å². The van der Waals surface area contributed by atoms with Gasteiger partial charge in [-0.15, -0.1) is 0 Å². The molecule has 0 amide bonds. The third-order valence-corrected chi connectivity index (χ3v) is 4.34. The molecule has 108 valence electrons. The van der Waals surface area contributed by atoms with E-state index < -0.39 is 0 Å². The summed E-state index contributed by atoms with van der Waals surface area (Å²) in [5, 5.41) is 3.62. The van der Waals surface area contributed by atoms with Gasteiger partial charge in [0.1, 0.15) is 0 Å². The summed E-state index contributed by atoms with van der Waals surface area (Å²) >= 11 is 0. The van der Waals surface area contributed by atoms with Crippen molar-refractivity contribution < 1.29 is 4.74 Å². The molecular weight excluding hydrogens is 222 g/mol.